The molecule has 0 saturated carbocycles. The standard InChI is InChI=1S/C9H13N3O2/c1-6-3-11-8(4-10-6)7(2)12-9(14)5-13/h3-4,7,13H,5H2,1-2H3,(H,12,14)/t7-/m1/s1. The van der Waals surface area contributed by atoms with Crippen LogP contribution < -0.4 is 5.32 Å². The van der Waals surface area contributed by atoms with Crippen LogP contribution in [0.4, 0.5) is 0 Å². The highest BCUT2D eigenvalue weighted by atomic mass is 16.3. The quantitative estimate of drug-likeness (QED) is 0.709. The van der Waals surface area contributed by atoms with Crippen LogP contribution >= 0.6 is 0 Å². The van der Waals surface area contributed by atoms with E-state index in [1.807, 2.05) is 6.92 Å². The summed E-state index contributed by atoms with van der Waals surface area (Å²) in [7, 11) is 0. The summed E-state index contributed by atoms with van der Waals surface area (Å²) in [6, 6.07) is -0.234. The number of carbonyl (C=O) groups is 1. The number of aryl methyl sites for hydroxylation is 1. The van der Waals surface area contributed by atoms with Crippen LogP contribution in [0.5, 0.6) is 0 Å². The Morgan fingerprint density at radius 3 is 2.79 bits per heavy atom. The largest absolute Gasteiger partial charge is 0.387 e. The molecule has 0 spiro atoms. The van der Waals surface area contributed by atoms with E-state index in [2.05, 4.69) is 15.3 Å². The first kappa shape index (κ1) is 10.6. The van der Waals surface area contributed by atoms with Gasteiger partial charge in [-0.15, -0.1) is 0 Å². The summed E-state index contributed by atoms with van der Waals surface area (Å²) in [4.78, 5) is 19.0. The first-order valence-corrected chi connectivity index (χ1v) is 4.32. The fourth-order valence-electron chi connectivity index (χ4n) is 0.987. The maximum atomic E-state index is 10.9. The number of aromatic nitrogens is 2. The topological polar surface area (TPSA) is 75.1 Å². The summed E-state index contributed by atoms with van der Waals surface area (Å²) < 4.78 is 0. The number of carbonyl (C=O) groups excluding carboxylic acids is 1. The number of nitrogens with one attached hydrogen (secondary N) is 1. The van der Waals surface area contributed by atoms with E-state index in [9.17, 15) is 4.79 Å². The van der Waals surface area contributed by atoms with Crippen LogP contribution in [0.1, 0.15) is 24.4 Å². The van der Waals surface area contributed by atoms with Gasteiger partial charge in [-0.25, -0.2) is 0 Å². The molecule has 1 aromatic heterocycles. The number of aliphatic hydroxyl groups is 1. The van der Waals surface area contributed by atoms with Crippen LogP contribution in [0.25, 0.3) is 0 Å². The van der Waals surface area contributed by atoms with E-state index in [4.69, 9.17) is 5.11 Å². The van der Waals surface area contributed by atoms with Crippen molar-refractivity contribution in [2.75, 3.05) is 6.61 Å². The highest BCUT2D eigenvalue weighted by molar-refractivity contribution is 5.77. The molecule has 5 nitrogen and oxygen atoms in total. The number of hydrogen-bond donors (Lipinski definition) is 2. The van der Waals surface area contributed by atoms with Crippen molar-refractivity contribution in [2.45, 2.75) is 19.9 Å². The minimum absolute atomic E-state index is 0.234. The van der Waals surface area contributed by atoms with Crippen LogP contribution in [0, 0.1) is 6.92 Å². The Balaban J connectivity index is 2.65. The van der Waals surface area contributed by atoms with E-state index in [-0.39, 0.29) is 6.04 Å². The number of hydrogen-bond acceptors (Lipinski definition) is 4. The molecule has 1 amide bonds. The number of nitrogens with zero attached hydrogens (tertiary/aromatic N) is 2. The highest BCUT2D eigenvalue weighted by Gasteiger charge is 2.09. The van der Waals surface area contributed by atoms with Gasteiger partial charge in [-0.2, -0.15) is 0 Å². The van der Waals surface area contributed by atoms with Crippen molar-refractivity contribution >= 4 is 5.91 Å². The van der Waals surface area contributed by atoms with Gasteiger partial charge in [-0.3, -0.25) is 14.8 Å². The molecule has 0 bridgehead atoms. The molecule has 0 fully saturated rings. The van der Waals surface area contributed by atoms with Crippen molar-refractivity contribution in [1.29, 1.82) is 0 Å². The van der Waals surface area contributed by atoms with Crippen molar-refractivity contribution < 1.29 is 9.90 Å². The maximum Gasteiger partial charge on any atom is 0.246 e. The Morgan fingerprint density at radius 2 is 2.29 bits per heavy atom. The molecule has 0 radical (unpaired) electrons. The van der Waals surface area contributed by atoms with Gasteiger partial charge in [0.1, 0.15) is 6.61 Å². The van der Waals surface area contributed by atoms with Gasteiger partial charge < -0.3 is 10.4 Å². The molecule has 0 aliphatic heterocycles. The zero-order valence-corrected chi connectivity index (χ0v) is 8.19. The summed E-state index contributed by atoms with van der Waals surface area (Å²) in [5.41, 5.74) is 1.51. The minimum Gasteiger partial charge on any atom is -0.387 e. The Labute approximate surface area is 82.2 Å². The van der Waals surface area contributed by atoms with E-state index in [1.165, 1.54) is 0 Å². The Hall–Kier alpha value is -1.49. The van der Waals surface area contributed by atoms with E-state index < -0.39 is 12.5 Å². The normalized spacial score (nSPS) is 12.2. The second-order valence-corrected chi connectivity index (χ2v) is 3.03. The SMILES string of the molecule is Cc1cnc([C@@H](C)NC(=O)CO)cn1. The molecule has 2 N–H and O–H groups in total. The second-order valence-electron chi connectivity index (χ2n) is 3.03. The van der Waals surface area contributed by atoms with Crippen molar-refractivity contribution in [1.82, 2.24) is 15.3 Å². The van der Waals surface area contributed by atoms with Crippen LogP contribution in [0.15, 0.2) is 12.4 Å². The third kappa shape index (κ3) is 2.77. The third-order valence-corrected chi connectivity index (χ3v) is 1.77. The molecule has 5 heteroatoms. The maximum absolute atomic E-state index is 10.9. The average molecular weight is 195 g/mol. The van der Waals surface area contributed by atoms with E-state index in [0.29, 0.717) is 5.69 Å². The Morgan fingerprint density at radius 1 is 1.57 bits per heavy atom. The van der Waals surface area contributed by atoms with E-state index in [1.54, 1.807) is 19.3 Å². The lowest BCUT2D eigenvalue weighted by Crippen LogP contribution is -2.29. The number of rotatable bonds is 3. The van der Waals surface area contributed by atoms with E-state index >= 15 is 0 Å². The fraction of sp³-hybridized carbons (Fsp3) is 0.444. The summed E-state index contributed by atoms with van der Waals surface area (Å²) in [6.07, 6.45) is 3.24. The lowest BCUT2D eigenvalue weighted by molar-refractivity contribution is -0.124. The summed E-state index contributed by atoms with van der Waals surface area (Å²) >= 11 is 0. The van der Waals surface area contributed by atoms with Gasteiger partial charge in [0, 0.05) is 6.20 Å². The molecule has 0 aromatic carbocycles. The molecule has 14 heavy (non-hydrogen) atoms. The van der Waals surface area contributed by atoms with Crippen LogP contribution in [-0.2, 0) is 4.79 Å². The van der Waals surface area contributed by atoms with Crippen molar-refractivity contribution in [2.24, 2.45) is 0 Å². The van der Waals surface area contributed by atoms with Gasteiger partial charge in [0.25, 0.3) is 0 Å². The molecule has 0 saturated heterocycles. The van der Waals surface area contributed by atoms with Gasteiger partial charge in [-0.05, 0) is 13.8 Å². The van der Waals surface area contributed by atoms with Crippen molar-refractivity contribution in [3.63, 3.8) is 0 Å². The Kier molecular flexibility index (Phi) is 3.53. The van der Waals surface area contributed by atoms with Gasteiger partial charge in [0.05, 0.1) is 23.6 Å². The average Bonchev–Trinajstić information content (AvgIpc) is 2.18. The fourth-order valence-corrected chi connectivity index (χ4v) is 0.987. The molecular formula is C9H13N3O2. The Bertz CT molecular complexity index is 310. The monoisotopic (exact) mass is 195 g/mol. The predicted octanol–water partition coefficient (Wildman–Crippen LogP) is -0.0455. The van der Waals surface area contributed by atoms with E-state index in [0.717, 1.165) is 5.69 Å². The van der Waals surface area contributed by atoms with Crippen LogP contribution in [0.2, 0.25) is 0 Å². The first-order valence-electron chi connectivity index (χ1n) is 4.32. The van der Waals surface area contributed by atoms with Gasteiger partial charge >= 0.3 is 0 Å². The van der Waals surface area contributed by atoms with Gasteiger partial charge in [0.15, 0.2) is 0 Å². The van der Waals surface area contributed by atoms with Crippen LogP contribution in [0.3, 0.4) is 0 Å². The second kappa shape index (κ2) is 4.66. The smallest absolute Gasteiger partial charge is 0.246 e. The lowest BCUT2D eigenvalue weighted by atomic mass is 10.2. The zero-order chi connectivity index (χ0) is 10.6. The first-order chi connectivity index (χ1) is 6.63. The molecule has 0 unspecified atom stereocenters. The minimum atomic E-state index is -0.510. The van der Waals surface area contributed by atoms with Crippen LogP contribution in [-0.4, -0.2) is 27.6 Å². The van der Waals surface area contributed by atoms with Crippen molar-refractivity contribution in [3.05, 3.63) is 23.8 Å². The van der Waals surface area contributed by atoms with Gasteiger partial charge in [0.2, 0.25) is 5.91 Å². The summed E-state index contributed by atoms with van der Waals surface area (Å²) in [5, 5.41) is 11.1. The molecule has 76 valence electrons. The predicted molar refractivity (Wildman–Crippen MR) is 50.4 cm³/mol. The number of aliphatic hydroxyl groups excluding tert-OH is 1. The number of amides is 1. The highest BCUT2D eigenvalue weighted by Crippen LogP contribution is 2.06. The zero-order valence-electron chi connectivity index (χ0n) is 8.19. The van der Waals surface area contributed by atoms with Gasteiger partial charge in [-0.1, -0.05) is 0 Å². The summed E-state index contributed by atoms with van der Waals surface area (Å²) in [5.74, 6) is -0.417. The molecule has 1 atom stereocenters. The molecule has 1 rings (SSSR count). The lowest BCUT2D eigenvalue weighted by Gasteiger charge is -2.11. The van der Waals surface area contributed by atoms with Crippen molar-refractivity contribution in [3.8, 4) is 0 Å². The summed E-state index contributed by atoms with van der Waals surface area (Å²) in [6.45, 7) is 3.12. The molecular weight excluding hydrogens is 182 g/mol. The molecule has 0 aliphatic rings. The molecule has 0 aliphatic carbocycles. The molecule has 1 aromatic rings. The third-order valence-electron chi connectivity index (χ3n) is 1.77. The molecule has 1 heterocycles.